The van der Waals surface area contributed by atoms with Crippen molar-refractivity contribution in [2.24, 2.45) is 0 Å². The van der Waals surface area contributed by atoms with Gasteiger partial charge < -0.3 is 0 Å². The Morgan fingerprint density at radius 1 is 1.03 bits per heavy atom. The highest BCUT2D eigenvalue weighted by molar-refractivity contribution is 5.94. The average Bonchev–Trinajstić information content (AvgIpc) is 3.19. The third-order valence-corrected chi connectivity index (χ3v) is 5.60. The van der Waals surface area contributed by atoms with E-state index in [2.05, 4.69) is 4.98 Å². The maximum atomic E-state index is 13.4. The summed E-state index contributed by atoms with van der Waals surface area (Å²) >= 11 is 0. The topological polar surface area (TPSA) is 69.3 Å². The molecule has 0 aliphatic carbocycles. The van der Waals surface area contributed by atoms with Gasteiger partial charge in [0.1, 0.15) is 5.82 Å². The molecule has 0 atom stereocenters. The van der Waals surface area contributed by atoms with Gasteiger partial charge in [0.15, 0.2) is 11.4 Å². The van der Waals surface area contributed by atoms with Gasteiger partial charge in [-0.05, 0) is 61.4 Å². The van der Waals surface area contributed by atoms with Crippen LogP contribution in [0.3, 0.4) is 0 Å². The Morgan fingerprint density at radius 3 is 2.41 bits per heavy atom. The van der Waals surface area contributed by atoms with Crippen molar-refractivity contribution in [2.45, 2.75) is 20.3 Å². The van der Waals surface area contributed by atoms with E-state index < -0.39 is 0 Å². The van der Waals surface area contributed by atoms with Gasteiger partial charge in [0, 0.05) is 29.2 Å². The van der Waals surface area contributed by atoms with Crippen molar-refractivity contribution >= 4 is 22.3 Å². The summed E-state index contributed by atoms with van der Waals surface area (Å²) in [5, 5.41) is 5.13. The van der Waals surface area contributed by atoms with Gasteiger partial charge in [-0.15, -0.1) is 0 Å². The molecular weight excluding hydrogens is 407 g/mol. The van der Waals surface area contributed by atoms with Crippen LogP contribution in [0.15, 0.2) is 71.8 Å². The number of Topliss-reactive ketones (excluding diaryl/α,β-unsaturated/α-hetero) is 1. The minimum atomic E-state index is -0.307. The number of rotatable bonds is 4. The fourth-order valence-electron chi connectivity index (χ4n) is 3.93. The van der Waals surface area contributed by atoms with Crippen LogP contribution < -0.4 is 5.56 Å². The van der Waals surface area contributed by atoms with E-state index in [1.54, 1.807) is 53.3 Å². The predicted octanol–water partition coefficient (Wildman–Crippen LogP) is 4.60. The first-order valence-electron chi connectivity index (χ1n) is 10.3. The fourth-order valence-corrected chi connectivity index (χ4v) is 3.93. The van der Waals surface area contributed by atoms with Gasteiger partial charge in [-0.2, -0.15) is 5.10 Å². The molecule has 3 aromatic heterocycles. The Hall–Kier alpha value is -4.13. The van der Waals surface area contributed by atoms with Gasteiger partial charge in [-0.3, -0.25) is 14.2 Å². The van der Waals surface area contributed by atoms with Crippen molar-refractivity contribution < 1.29 is 9.18 Å². The van der Waals surface area contributed by atoms with Gasteiger partial charge >= 0.3 is 0 Å². The Balaban J connectivity index is 1.71. The van der Waals surface area contributed by atoms with Crippen LogP contribution in [-0.2, 0) is 6.42 Å². The van der Waals surface area contributed by atoms with Gasteiger partial charge in [-0.25, -0.2) is 13.9 Å². The molecule has 158 valence electrons. The quantitative estimate of drug-likeness (QED) is 0.394. The summed E-state index contributed by atoms with van der Waals surface area (Å²) in [5.74, 6) is -0.338. The number of carbonyl (C=O) groups is 1. The SMILES string of the molecule is CCc1nn2c(ncc3c(=O)n(-c4ccc(C(C)=O)cc4)ccc32)c1-c1ccc(F)cc1. The van der Waals surface area contributed by atoms with Crippen molar-refractivity contribution in [1.82, 2.24) is 19.2 Å². The zero-order valence-corrected chi connectivity index (χ0v) is 17.5. The third-order valence-electron chi connectivity index (χ3n) is 5.60. The summed E-state index contributed by atoms with van der Waals surface area (Å²) in [5.41, 5.74) is 4.74. The van der Waals surface area contributed by atoms with Crippen LogP contribution >= 0.6 is 0 Å². The highest BCUT2D eigenvalue weighted by Crippen LogP contribution is 2.29. The zero-order valence-electron chi connectivity index (χ0n) is 17.5. The Kier molecular flexibility index (Phi) is 4.66. The molecule has 5 rings (SSSR count). The van der Waals surface area contributed by atoms with Gasteiger partial charge in [0.25, 0.3) is 5.56 Å². The number of aryl methyl sites for hydroxylation is 1. The first-order valence-corrected chi connectivity index (χ1v) is 10.3. The van der Waals surface area contributed by atoms with Crippen LogP contribution in [0.1, 0.15) is 29.9 Å². The van der Waals surface area contributed by atoms with E-state index in [0.29, 0.717) is 34.2 Å². The lowest BCUT2D eigenvalue weighted by Gasteiger charge is -2.09. The van der Waals surface area contributed by atoms with Crippen molar-refractivity contribution in [2.75, 3.05) is 0 Å². The number of halogens is 1. The van der Waals surface area contributed by atoms with Gasteiger partial charge in [0.05, 0.1) is 16.6 Å². The number of nitrogens with zero attached hydrogens (tertiary/aromatic N) is 4. The number of benzene rings is 2. The van der Waals surface area contributed by atoms with Crippen LogP contribution in [0.2, 0.25) is 0 Å². The summed E-state index contributed by atoms with van der Waals surface area (Å²) in [6, 6.07) is 14.9. The molecular formula is C25H19FN4O2. The van der Waals surface area contributed by atoms with Crippen molar-refractivity contribution in [3.8, 4) is 16.8 Å². The molecule has 0 radical (unpaired) electrons. The minimum Gasteiger partial charge on any atom is -0.295 e. The fraction of sp³-hybridized carbons (Fsp3) is 0.120. The van der Waals surface area contributed by atoms with Crippen molar-refractivity contribution in [3.63, 3.8) is 0 Å². The minimum absolute atomic E-state index is 0.0311. The monoisotopic (exact) mass is 426 g/mol. The van der Waals surface area contributed by atoms with Crippen LogP contribution in [0.5, 0.6) is 0 Å². The van der Waals surface area contributed by atoms with E-state index in [9.17, 15) is 14.0 Å². The number of pyridine rings is 1. The number of fused-ring (bicyclic) bond motifs is 3. The Labute approximate surface area is 182 Å². The molecule has 3 heterocycles. The first kappa shape index (κ1) is 19.8. The second-order valence-electron chi connectivity index (χ2n) is 7.57. The van der Waals surface area contributed by atoms with Crippen molar-refractivity contribution in [1.29, 1.82) is 0 Å². The molecule has 0 saturated carbocycles. The van der Waals surface area contributed by atoms with Gasteiger partial charge in [0.2, 0.25) is 0 Å². The Bertz CT molecular complexity index is 1550. The largest absolute Gasteiger partial charge is 0.295 e. The third kappa shape index (κ3) is 3.10. The highest BCUT2D eigenvalue weighted by atomic mass is 19.1. The van der Waals surface area contributed by atoms with Gasteiger partial charge in [-0.1, -0.05) is 19.1 Å². The molecule has 0 bridgehead atoms. The normalized spacial score (nSPS) is 11.3. The lowest BCUT2D eigenvalue weighted by molar-refractivity contribution is 0.101. The maximum Gasteiger partial charge on any atom is 0.266 e. The number of hydrogen-bond donors (Lipinski definition) is 0. The number of carbonyl (C=O) groups excluding carboxylic acids is 1. The number of aromatic nitrogens is 4. The molecule has 0 amide bonds. The standard InChI is InChI=1S/C25H19FN4O2/c1-3-21-23(17-4-8-18(26)9-5-17)24-27-14-20-22(30(24)28-21)12-13-29(25(20)32)19-10-6-16(7-11-19)15(2)31/h4-14H,3H2,1-2H3. The van der Waals surface area contributed by atoms with Crippen LogP contribution in [-0.4, -0.2) is 24.9 Å². The van der Waals surface area contributed by atoms with Crippen LogP contribution in [0.25, 0.3) is 33.4 Å². The molecule has 2 aromatic carbocycles. The summed E-state index contributed by atoms with van der Waals surface area (Å²) < 4.78 is 16.6. The molecule has 32 heavy (non-hydrogen) atoms. The zero-order chi connectivity index (χ0) is 22.4. The van der Waals surface area contributed by atoms with E-state index >= 15 is 0 Å². The summed E-state index contributed by atoms with van der Waals surface area (Å²) in [6.07, 6.45) is 3.91. The van der Waals surface area contributed by atoms with Crippen molar-refractivity contribution in [3.05, 3.63) is 94.4 Å². The first-order chi connectivity index (χ1) is 15.5. The second kappa shape index (κ2) is 7.53. The molecule has 0 spiro atoms. The van der Waals surface area contributed by atoms with E-state index in [1.807, 2.05) is 13.0 Å². The summed E-state index contributed by atoms with van der Waals surface area (Å²) in [6.45, 7) is 3.50. The summed E-state index contributed by atoms with van der Waals surface area (Å²) in [7, 11) is 0. The molecule has 0 aliphatic heterocycles. The molecule has 7 heteroatoms. The lowest BCUT2D eigenvalue weighted by Crippen LogP contribution is -2.19. The van der Waals surface area contributed by atoms with E-state index in [0.717, 1.165) is 16.8 Å². The lowest BCUT2D eigenvalue weighted by atomic mass is 10.0. The molecule has 5 aromatic rings. The highest BCUT2D eigenvalue weighted by Gasteiger charge is 2.18. The summed E-state index contributed by atoms with van der Waals surface area (Å²) in [4.78, 5) is 29.3. The number of ketones is 1. The maximum absolute atomic E-state index is 13.4. The molecule has 0 unspecified atom stereocenters. The molecule has 0 N–H and O–H groups in total. The second-order valence-corrected chi connectivity index (χ2v) is 7.57. The predicted molar refractivity (Wildman–Crippen MR) is 121 cm³/mol. The molecule has 0 fully saturated rings. The average molecular weight is 426 g/mol. The van der Waals surface area contributed by atoms with Crippen LogP contribution in [0, 0.1) is 5.82 Å². The Morgan fingerprint density at radius 2 is 1.75 bits per heavy atom. The van der Waals surface area contributed by atoms with E-state index in [1.165, 1.54) is 23.6 Å². The van der Waals surface area contributed by atoms with Crippen LogP contribution in [0.4, 0.5) is 4.39 Å². The smallest absolute Gasteiger partial charge is 0.266 e. The number of hydrogen-bond acceptors (Lipinski definition) is 4. The van der Waals surface area contributed by atoms with E-state index in [-0.39, 0.29) is 17.2 Å². The molecule has 6 nitrogen and oxygen atoms in total. The molecule has 0 saturated heterocycles. The van der Waals surface area contributed by atoms with E-state index in [4.69, 9.17) is 5.10 Å². The molecule has 0 aliphatic rings.